The molecule has 2 saturated carbocycles. The fourth-order valence-corrected chi connectivity index (χ4v) is 4.07. The van der Waals surface area contributed by atoms with E-state index < -0.39 is 0 Å². The van der Waals surface area contributed by atoms with Gasteiger partial charge in [-0.15, -0.1) is 0 Å². The van der Waals surface area contributed by atoms with Crippen LogP contribution in [0.15, 0.2) is 0 Å². The molecule has 0 aromatic rings. The maximum atomic E-state index is 11.6. The first-order valence-electron chi connectivity index (χ1n) is 5.09. The summed E-state index contributed by atoms with van der Waals surface area (Å²) in [6.45, 7) is 4.53. The van der Waals surface area contributed by atoms with Gasteiger partial charge in [0.1, 0.15) is 0 Å². The summed E-state index contributed by atoms with van der Waals surface area (Å²) in [4.78, 5) is 11.6. The molecule has 0 radical (unpaired) electrons. The van der Waals surface area contributed by atoms with Gasteiger partial charge in [-0.25, -0.2) is 0 Å². The van der Waals surface area contributed by atoms with Crippen LogP contribution in [0.5, 0.6) is 0 Å². The van der Waals surface area contributed by atoms with Gasteiger partial charge in [0.15, 0.2) is 0 Å². The predicted octanol–water partition coefficient (Wildman–Crippen LogP) is 0.104. The molecule has 2 aliphatic carbocycles. The van der Waals surface area contributed by atoms with E-state index in [4.69, 9.17) is 5.73 Å². The van der Waals surface area contributed by atoms with Crippen molar-refractivity contribution >= 4 is 5.91 Å². The quantitative estimate of drug-likeness (QED) is 0.555. The first-order chi connectivity index (χ1) is 6.03. The average Bonchev–Trinajstić information content (AvgIpc) is 2.51. The van der Waals surface area contributed by atoms with Crippen molar-refractivity contribution in [1.29, 1.82) is 0 Å². The summed E-state index contributed by atoms with van der Waals surface area (Å²) >= 11 is 0. The number of fused-ring (bicyclic) bond motifs is 1. The standard InChI is InChI=1S/C10H16N2O/c1-10(2)5-3-4-6(10)8(7(5)11)12-9(4)13/h4-8H,3,11H2,1-2H3,(H,12,13)/t4-,5-,6-,7+,8+/m0/s1. The van der Waals surface area contributed by atoms with Gasteiger partial charge in [-0.1, -0.05) is 13.8 Å². The van der Waals surface area contributed by atoms with Gasteiger partial charge in [0.2, 0.25) is 5.91 Å². The van der Waals surface area contributed by atoms with E-state index in [1.807, 2.05) is 0 Å². The summed E-state index contributed by atoms with van der Waals surface area (Å²) in [6, 6.07) is 0.467. The molecule has 13 heavy (non-hydrogen) atoms. The van der Waals surface area contributed by atoms with E-state index in [9.17, 15) is 4.79 Å². The summed E-state index contributed by atoms with van der Waals surface area (Å²) in [6.07, 6.45) is 1.02. The molecule has 1 heterocycles. The summed E-state index contributed by atoms with van der Waals surface area (Å²) < 4.78 is 0. The number of carbonyl (C=O) groups excluding carboxylic acids is 1. The first-order valence-corrected chi connectivity index (χ1v) is 5.09. The van der Waals surface area contributed by atoms with Gasteiger partial charge in [-0.3, -0.25) is 4.79 Å². The van der Waals surface area contributed by atoms with Crippen molar-refractivity contribution in [3.63, 3.8) is 0 Å². The summed E-state index contributed by atoms with van der Waals surface area (Å²) in [5.74, 6) is 1.56. The second-order valence-electron chi connectivity index (χ2n) is 5.41. The number of carbonyl (C=O) groups is 1. The Morgan fingerprint density at radius 1 is 1.54 bits per heavy atom. The number of amides is 1. The van der Waals surface area contributed by atoms with Gasteiger partial charge in [0.25, 0.3) is 0 Å². The molecule has 1 aliphatic heterocycles. The van der Waals surface area contributed by atoms with Crippen molar-refractivity contribution < 1.29 is 4.79 Å². The minimum atomic E-state index is 0.197. The largest absolute Gasteiger partial charge is 0.351 e. The van der Waals surface area contributed by atoms with Crippen molar-refractivity contribution in [1.82, 2.24) is 5.32 Å². The minimum Gasteiger partial charge on any atom is -0.351 e. The Labute approximate surface area is 78.1 Å². The number of nitrogens with two attached hydrogens (primary N) is 1. The highest BCUT2D eigenvalue weighted by Crippen LogP contribution is 2.61. The number of hydrogen-bond donors (Lipinski definition) is 2. The molecule has 0 unspecified atom stereocenters. The summed E-state index contributed by atoms with van der Waals surface area (Å²) in [5, 5.41) is 3.05. The van der Waals surface area contributed by atoms with E-state index in [-0.39, 0.29) is 29.3 Å². The molecule has 3 aliphatic rings. The normalized spacial score (nSPS) is 55.6. The van der Waals surface area contributed by atoms with Crippen molar-refractivity contribution in [2.75, 3.05) is 0 Å². The second-order valence-corrected chi connectivity index (χ2v) is 5.41. The molecule has 3 nitrogen and oxygen atoms in total. The fourth-order valence-electron chi connectivity index (χ4n) is 4.07. The zero-order valence-electron chi connectivity index (χ0n) is 8.08. The number of hydrogen-bond acceptors (Lipinski definition) is 2. The third-order valence-corrected chi connectivity index (χ3v) is 4.67. The molecule has 0 spiro atoms. The molecule has 3 heteroatoms. The van der Waals surface area contributed by atoms with Crippen LogP contribution in [0.3, 0.4) is 0 Å². The highest BCUT2D eigenvalue weighted by atomic mass is 16.2. The zero-order valence-corrected chi connectivity index (χ0v) is 8.08. The smallest absolute Gasteiger partial charge is 0.223 e. The van der Waals surface area contributed by atoms with Crippen LogP contribution >= 0.6 is 0 Å². The minimum absolute atomic E-state index is 0.197. The van der Waals surface area contributed by atoms with Crippen LogP contribution < -0.4 is 11.1 Å². The SMILES string of the molecule is CC1(C)[C@@H]2[C@H]3NC(=O)[C@H]2C[C@H]1[C@H]3N. The highest BCUT2D eigenvalue weighted by molar-refractivity contribution is 5.83. The molecule has 5 atom stereocenters. The van der Waals surface area contributed by atoms with Crippen LogP contribution in [0.25, 0.3) is 0 Å². The predicted molar refractivity (Wildman–Crippen MR) is 48.8 cm³/mol. The monoisotopic (exact) mass is 180 g/mol. The molecule has 2 bridgehead atoms. The Kier molecular flexibility index (Phi) is 1.15. The Balaban J connectivity index is 2.10. The van der Waals surface area contributed by atoms with Gasteiger partial charge < -0.3 is 11.1 Å². The third kappa shape index (κ3) is 0.654. The van der Waals surface area contributed by atoms with E-state index in [2.05, 4.69) is 19.2 Å². The van der Waals surface area contributed by atoms with Gasteiger partial charge in [-0.05, 0) is 23.7 Å². The molecular weight excluding hydrogens is 164 g/mol. The lowest BCUT2D eigenvalue weighted by atomic mass is 9.80. The van der Waals surface area contributed by atoms with Crippen LogP contribution in [0, 0.1) is 23.2 Å². The van der Waals surface area contributed by atoms with Crippen molar-refractivity contribution in [2.45, 2.75) is 32.4 Å². The lowest BCUT2D eigenvalue weighted by molar-refractivity contribution is -0.122. The van der Waals surface area contributed by atoms with Crippen LogP contribution in [0.1, 0.15) is 20.3 Å². The fraction of sp³-hybridized carbons (Fsp3) is 0.900. The lowest BCUT2D eigenvalue weighted by Crippen LogP contribution is -2.44. The Morgan fingerprint density at radius 3 is 2.77 bits per heavy atom. The van der Waals surface area contributed by atoms with Gasteiger partial charge in [0, 0.05) is 18.0 Å². The topological polar surface area (TPSA) is 55.1 Å². The van der Waals surface area contributed by atoms with Crippen LogP contribution in [0.4, 0.5) is 0 Å². The average molecular weight is 180 g/mol. The van der Waals surface area contributed by atoms with E-state index in [1.165, 1.54) is 0 Å². The number of nitrogens with one attached hydrogen (secondary N) is 1. The summed E-state index contributed by atoms with van der Waals surface area (Å²) in [5.41, 5.74) is 6.40. The van der Waals surface area contributed by atoms with Crippen LogP contribution in [-0.4, -0.2) is 18.0 Å². The van der Waals surface area contributed by atoms with Crippen molar-refractivity contribution in [3.8, 4) is 0 Å². The molecule has 3 rings (SSSR count). The molecular formula is C10H16N2O. The van der Waals surface area contributed by atoms with Gasteiger partial charge in [-0.2, -0.15) is 0 Å². The van der Waals surface area contributed by atoms with Crippen molar-refractivity contribution in [3.05, 3.63) is 0 Å². The molecule has 3 N–H and O–H groups in total. The Bertz CT molecular complexity index is 287. The van der Waals surface area contributed by atoms with Gasteiger partial charge >= 0.3 is 0 Å². The Hall–Kier alpha value is -0.570. The summed E-state index contributed by atoms with van der Waals surface area (Å²) in [7, 11) is 0. The highest BCUT2D eigenvalue weighted by Gasteiger charge is 2.67. The first kappa shape index (κ1) is 7.80. The zero-order chi connectivity index (χ0) is 9.38. The second kappa shape index (κ2) is 1.92. The third-order valence-electron chi connectivity index (χ3n) is 4.67. The maximum Gasteiger partial charge on any atom is 0.223 e. The van der Waals surface area contributed by atoms with Crippen LogP contribution in [0.2, 0.25) is 0 Å². The molecule has 0 aromatic heterocycles. The molecule has 0 aromatic carbocycles. The van der Waals surface area contributed by atoms with E-state index >= 15 is 0 Å². The van der Waals surface area contributed by atoms with E-state index in [1.54, 1.807) is 0 Å². The Morgan fingerprint density at radius 2 is 2.23 bits per heavy atom. The van der Waals surface area contributed by atoms with E-state index in [0.717, 1.165) is 6.42 Å². The lowest BCUT2D eigenvalue weighted by Gasteiger charge is -2.24. The molecule has 72 valence electrons. The number of rotatable bonds is 0. The molecule has 3 fully saturated rings. The van der Waals surface area contributed by atoms with Crippen LogP contribution in [-0.2, 0) is 4.79 Å². The maximum absolute atomic E-state index is 11.6. The van der Waals surface area contributed by atoms with E-state index in [0.29, 0.717) is 11.8 Å². The molecule has 1 amide bonds. The van der Waals surface area contributed by atoms with Crippen molar-refractivity contribution in [2.24, 2.45) is 28.9 Å². The van der Waals surface area contributed by atoms with Gasteiger partial charge in [0.05, 0.1) is 0 Å². The molecule has 1 saturated heterocycles.